The first-order chi connectivity index (χ1) is 31.5. The SMILES string of the molecule is CCCCCCC/C=C/CCCCCCCC(=O)O[C@H](COC(=O)CCCCCCCCCCCCCCC)COC(=O)CCCCCCCCCCCCCCCCCCCCC. The van der Waals surface area contributed by atoms with Gasteiger partial charge < -0.3 is 14.2 Å². The van der Waals surface area contributed by atoms with E-state index in [1.807, 2.05) is 0 Å². The van der Waals surface area contributed by atoms with Gasteiger partial charge in [0.1, 0.15) is 13.2 Å². The quantitative estimate of drug-likeness (QED) is 0.0262. The minimum Gasteiger partial charge on any atom is -0.462 e. The third-order valence-electron chi connectivity index (χ3n) is 13.0. The molecule has 0 rings (SSSR count). The Bertz CT molecular complexity index is 993. The number of hydrogen-bond acceptors (Lipinski definition) is 6. The summed E-state index contributed by atoms with van der Waals surface area (Å²) in [5.74, 6) is -0.853. The van der Waals surface area contributed by atoms with Crippen LogP contribution in [0.2, 0.25) is 0 Å². The molecule has 0 saturated heterocycles. The van der Waals surface area contributed by atoms with Gasteiger partial charge in [-0.2, -0.15) is 0 Å². The summed E-state index contributed by atoms with van der Waals surface area (Å²) in [5.41, 5.74) is 0. The van der Waals surface area contributed by atoms with Crippen LogP contribution in [0, 0.1) is 0 Å². The average Bonchev–Trinajstić information content (AvgIpc) is 3.29. The number of ether oxygens (including phenoxy) is 3. The van der Waals surface area contributed by atoms with Crippen molar-refractivity contribution in [2.75, 3.05) is 13.2 Å². The highest BCUT2D eigenvalue weighted by atomic mass is 16.6. The van der Waals surface area contributed by atoms with E-state index in [0.29, 0.717) is 19.3 Å². The van der Waals surface area contributed by atoms with Gasteiger partial charge in [0, 0.05) is 19.3 Å². The molecule has 0 aliphatic carbocycles. The molecule has 0 saturated carbocycles. The molecule has 0 fully saturated rings. The smallest absolute Gasteiger partial charge is 0.306 e. The first-order valence-corrected chi connectivity index (χ1v) is 28.7. The standard InChI is InChI=1S/C58H110O6/c1-4-7-10-13-16-19-22-25-27-28-29-30-31-34-36-39-42-45-48-51-57(60)63-54-55(53-62-56(59)50-47-44-41-38-35-32-24-21-18-15-12-9-6-3)64-58(61)52-49-46-43-40-37-33-26-23-20-17-14-11-8-5-2/h23,26,55H,4-22,24-25,27-54H2,1-3H3/b26-23+/t55-/m1/s1. The molecule has 0 aliphatic rings. The van der Waals surface area contributed by atoms with Gasteiger partial charge >= 0.3 is 17.9 Å². The molecular weight excluding hydrogens is 793 g/mol. The fourth-order valence-corrected chi connectivity index (χ4v) is 8.68. The molecule has 0 aliphatic heterocycles. The molecule has 378 valence electrons. The lowest BCUT2D eigenvalue weighted by Gasteiger charge is -2.18. The summed E-state index contributed by atoms with van der Waals surface area (Å²) in [4.78, 5) is 38.1. The number of esters is 3. The van der Waals surface area contributed by atoms with Crippen LogP contribution in [0.3, 0.4) is 0 Å². The molecular formula is C58H110O6. The molecule has 1 atom stereocenters. The number of carbonyl (C=O) groups is 3. The Morgan fingerprint density at radius 3 is 0.781 bits per heavy atom. The second-order valence-electron chi connectivity index (χ2n) is 19.6. The van der Waals surface area contributed by atoms with Crippen LogP contribution < -0.4 is 0 Å². The van der Waals surface area contributed by atoms with Gasteiger partial charge in [-0.05, 0) is 44.9 Å². The van der Waals surface area contributed by atoms with E-state index < -0.39 is 6.10 Å². The van der Waals surface area contributed by atoms with E-state index in [9.17, 15) is 14.4 Å². The molecule has 0 N–H and O–H groups in total. The molecule has 0 spiro atoms. The number of rotatable bonds is 53. The van der Waals surface area contributed by atoms with Crippen LogP contribution >= 0.6 is 0 Å². The average molecular weight is 904 g/mol. The highest BCUT2D eigenvalue weighted by Gasteiger charge is 2.19. The molecule has 64 heavy (non-hydrogen) atoms. The summed E-state index contributed by atoms with van der Waals surface area (Å²) in [7, 11) is 0. The van der Waals surface area contributed by atoms with Crippen molar-refractivity contribution in [1.82, 2.24) is 0 Å². The van der Waals surface area contributed by atoms with Crippen LogP contribution in [0.25, 0.3) is 0 Å². The molecule has 0 aromatic heterocycles. The van der Waals surface area contributed by atoms with Gasteiger partial charge in [-0.25, -0.2) is 0 Å². The Morgan fingerprint density at radius 2 is 0.516 bits per heavy atom. The van der Waals surface area contributed by atoms with Crippen molar-refractivity contribution in [3.8, 4) is 0 Å². The number of allylic oxidation sites excluding steroid dienone is 2. The van der Waals surface area contributed by atoms with E-state index in [4.69, 9.17) is 14.2 Å². The van der Waals surface area contributed by atoms with Crippen molar-refractivity contribution in [1.29, 1.82) is 0 Å². The first kappa shape index (κ1) is 62.1. The van der Waals surface area contributed by atoms with Gasteiger partial charge in [-0.15, -0.1) is 0 Å². The molecule has 0 bridgehead atoms. The van der Waals surface area contributed by atoms with Gasteiger partial charge in [0.25, 0.3) is 0 Å². The van der Waals surface area contributed by atoms with Crippen LogP contribution in [0.5, 0.6) is 0 Å². The van der Waals surface area contributed by atoms with Crippen LogP contribution in [-0.4, -0.2) is 37.2 Å². The summed E-state index contributed by atoms with van der Waals surface area (Å²) in [6.07, 6.45) is 60.6. The highest BCUT2D eigenvalue weighted by Crippen LogP contribution is 2.17. The van der Waals surface area contributed by atoms with Gasteiger partial charge in [0.15, 0.2) is 6.10 Å². The Kier molecular flexibility index (Phi) is 52.2. The van der Waals surface area contributed by atoms with Crippen molar-refractivity contribution >= 4 is 17.9 Å². The van der Waals surface area contributed by atoms with Gasteiger partial charge in [0.2, 0.25) is 0 Å². The molecule has 0 radical (unpaired) electrons. The fourth-order valence-electron chi connectivity index (χ4n) is 8.68. The van der Waals surface area contributed by atoms with Crippen molar-refractivity contribution in [2.45, 2.75) is 329 Å². The Hall–Kier alpha value is -1.85. The second-order valence-corrected chi connectivity index (χ2v) is 19.6. The van der Waals surface area contributed by atoms with Crippen molar-refractivity contribution in [2.24, 2.45) is 0 Å². The second kappa shape index (κ2) is 53.8. The fraction of sp³-hybridized carbons (Fsp3) is 0.914. The van der Waals surface area contributed by atoms with E-state index in [0.717, 1.165) is 64.2 Å². The molecule has 0 unspecified atom stereocenters. The maximum Gasteiger partial charge on any atom is 0.306 e. The maximum atomic E-state index is 12.8. The summed E-state index contributed by atoms with van der Waals surface area (Å²) in [6, 6.07) is 0. The zero-order valence-electron chi connectivity index (χ0n) is 43.3. The predicted octanol–water partition coefficient (Wildman–Crippen LogP) is 18.9. The van der Waals surface area contributed by atoms with Gasteiger partial charge in [-0.3, -0.25) is 14.4 Å². The molecule has 6 nitrogen and oxygen atoms in total. The lowest BCUT2D eigenvalue weighted by molar-refractivity contribution is -0.167. The zero-order chi connectivity index (χ0) is 46.5. The predicted molar refractivity (Wildman–Crippen MR) is 275 cm³/mol. The van der Waals surface area contributed by atoms with E-state index >= 15 is 0 Å². The van der Waals surface area contributed by atoms with Crippen LogP contribution in [0.1, 0.15) is 323 Å². The minimum atomic E-state index is -0.768. The summed E-state index contributed by atoms with van der Waals surface area (Å²) < 4.78 is 16.9. The van der Waals surface area contributed by atoms with Crippen LogP contribution in [0.4, 0.5) is 0 Å². The maximum absolute atomic E-state index is 12.8. The summed E-state index contributed by atoms with van der Waals surface area (Å²) in [6.45, 7) is 6.68. The van der Waals surface area contributed by atoms with Crippen molar-refractivity contribution in [3.63, 3.8) is 0 Å². The van der Waals surface area contributed by atoms with Crippen LogP contribution in [0.15, 0.2) is 12.2 Å². The first-order valence-electron chi connectivity index (χ1n) is 28.7. The lowest BCUT2D eigenvalue weighted by atomic mass is 10.0. The monoisotopic (exact) mass is 903 g/mol. The van der Waals surface area contributed by atoms with E-state index in [-0.39, 0.29) is 31.1 Å². The molecule has 6 heteroatoms. The molecule has 0 aromatic rings. The Morgan fingerprint density at radius 1 is 0.297 bits per heavy atom. The number of hydrogen-bond donors (Lipinski definition) is 0. The van der Waals surface area contributed by atoms with Crippen molar-refractivity contribution in [3.05, 3.63) is 12.2 Å². The minimum absolute atomic E-state index is 0.0675. The lowest BCUT2D eigenvalue weighted by Crippen LogP contribution is -2.30. The van der Waals surface area contributed by atoms with Gasteiger partial charge in [0.05, 0.1) is 0 Å². The van der Waals surface area contributed by atoms with Gasteiger partial charge in [-0.1, -0.05) is 270 Å². The normalized spacial score (nSPS) is 12.0. The third kappa shape index (κ3) is 51.1. The van der Waals surface area contributed by atoms with Crippen LogP contribution in [-0.2, 0) is 28.6 Å². The summed E-state index contributed by atoms with van der Waals surface area (Å²) >= 11 is 0. The topological polar surface area (TPSA) is 78.9 Å². The molecule has 0 heterocycles. The van der Waals surface area contributed by atoms with E-state index in [2.05, 4.69) is 32.9 Å². The van der Waals surface area contributed by atoms with E-state index in [1.165, 1.54) is 218 Å². The third-order valence-corrected chi connectivity index (χ3v) is 13.0. The Labute approximate surface area is 399 Å². The highest BCUT2D eigenvalue weighted by molar-refractivity contribution is 5.71. The largest absolute Gasteiger partial charge is 0.462 e. The molecule has 0 amide bonds. The number of unbranched alkanes of at least 4 members (excludes halogenated alkanes) is 40. The zero-order valence-corrected chi connectivity index (χ0v) is 43.3. The Balaban J connectivity index is 4.28. The molecule has 0 aromatic carbocycles. The number of carbonyl (C=O) groups excluding carboxylic acids is 3. The van der Waals surface area contributed by atoms with Crippen molar-refractivity contribution < 1.29 is 28.6 Å². The van der Waals surface area contributed by atoms with E-state index in [1.54, 1.807) is 0 Å². The summed E-state index contributed by atoms with van der Waals surface area (Å²) in [5, 5.41) is 0.